The first-order valence-electron chi connectivity index (χ1n) is 6.12. The van der Waals surface area contributed by atoms with E-state index < -0.39 is 12.0 Å². The van der Waals surface area contributed by atoms with Crippen LogP contribution in [0.5, 0.6) is 0 Å². The number of thiazole rings is 1. The number of fused-ring (bicyclic) bond motifs is 3. The Labute approximate surface area is 131 Å². The van der Waals surface area contributed by atoms with Gasteiger partial charge in [0.1, 0.15) is 10.9 Å². The van der Waals surface area contributed by atoms with Gasteiger partial charge in [-0.2, -0.15) is 0 Å². The Bertz CT molecular complexity index is 865. The Hall–Kier alpha value is -1.58. The number of amides is 1. The molecule has 21 heavy (non-hydrogen) atoms. The van der Waals surface area contributed by atoms with Gasteiger partial charge in [-0.1, -0.05) is 0 Å². The molecule has 1 N–H and O–H groups in total. The summed E-state index contributed by atoms with van der Waals surface area (Å²) in [6.45, 7) is 0. The molecule has 0 spiro atoms. The number of nitrogens with zero attached hydrogens (tertiary/aromatic N) is 3. The van der Waals surface area contributed by atoms with Crippen LogP contribution in [0.4, 0.5) is 0 Å². The van der Waals surface area contributed by atoms with Crippen LogP contribution in [0, 0.1) is 0 Å². The Balaban J connectivity index is 1.73. The molecule has 1 aliphatic heterocycles. The summed E-state index contributed by atoms with van der Waals surface area (Å²) in [5.41, 5.74) is 0.901. The summed E-state index contributed by atoms with van der Waals surface area (Å²) >= 11 is 4.33. The maximum absolute atomic E-state index is 12.5. The molecule has 6 nitrogen and oxygen atoms in total. The van der Waals surface area contributed by atoms with Crippen molar-refractivity contribution in [2.45, 2.75) is 6.04 Å². The number of thioether (sulfide) groups is 1. The van der Waals surface area contributed by atoms with E-state index >= 15 is 0 Å². The first kappa shape index (κ1) is 13.1. The third kappa shape index (κ3) is 1.95. The van der Waals surface area contributed by atoms with E-state index in [1.165, 1.54) is 28.0 Å². The lowest BCUT2D eigenvalue weighted by molar-refractivity contribution is -0.140. The van der Waals surface area contributed by atoms with Crippen LogP contribution in [0.25, 0.3) is 15.3 Å². The maximum Gasteiger partial charge on any atom is 0.327 e. The SMILES string of the molecule is O=C(O)C1CSCN1C(=O)c1cc2c(nc3sccn32)s1. The van der Waals surface area contributed by atoms with Crippen molar-refractivity contribution in [3.63, 3.8) is 0 Å². The van der Waals surface area contributed by atoms with Crippen LogP contribution in [0.1, 0.15) is 9.67 Å². The zero-order chi connectivity index (χ0) is 14.6. The van der Waals surface area contributed by atoms with E-state index in [0.717, 1.165) is 15.3 Å². The number of carboxylic acids is 1. The van der Waals surface area contributed by atoms with Crippen molar-refractivity contribution in [1.29, 1.82) is 0 Å². The second-order valence-electron chi connectivity index (χ2n) is 4.60. The van der Waals surface area contributed by atoms with Gasteiger partial charge in [-0.3, -0.25) is 9.20 Å². The molecule has 1 amide bonds. The van der Waals surface area contributed by atoms with Gasteiger partial charge in [0.2, 0.25) is 0 Å². The number of hydrogen-bond donors (Lipinski definition) is 1. The summed E-state index contributed by atoms with van der Waals surface area (Å²) in [5.74, 6) is -0.303. The van der Waals surface area contributed by atoms with Crippen molar-refractivity contribution >= 4 is 61.6 Å². The third-order valence-corrected chi connectivity index (χ3v) is 6.15. The van der Waals surface area contributed by atoms with Crippen molar-refractivity contribution in [1.82, 2.24) is 14.3 Å². The van der Waals surface area contributed by atoms with E-state index in [1.807, 2.05) is 16.0 Å². The number of thiophene rings is 1. The molecule has 1 aliphatic rings. The molecule has 1 unspecified atom stereocenters. The molecule has 3 aromatic heterocycles. The lowest BCUT2D eigenvalue weighted by atomic mass is 10.3. The summed E-state index contributed by atoms with van der Waals surface area (Å²) in [7, 11) is 0. The van der Waals surface area contributed by atoms with E-state index in [1.54, 1.807) is 17.4 Å². The molecule has 4 rings (SSSR count). The van der Waals surface area contributed by atoms with Gasteiger partial charge in [0.05, 0.1) is 16.3 Å². The van der Waals surface area contributed by atoms with Crippen LogP contribution in [-0.2, 0) is 4.79 Å². The number of imidazole rings is 1. The van der Waals surface area contributed by atoms with Crippen molar-refractivity contribution in [2.24, 2.45) is 0 Å². The first-order valence-corrected chi connectivity index (χ1v) is 8.97. The summed E-state index contributed by atoms with van der Waals surface area (Å²) < 4.78 is 1.95. The van der Waals surface area contributed by atoms with Crippen LogP contribution < -0.4 is 0 Å². The standard InChI is InChI=1S/C12H9N3O3S3/c16-10(15-5-19-4-7(15)11(17)18)8-3-6-9(21-8)13-12-14(6)1-2-20-12/h1-3,7H,4-5H2,(H,17,18). The van der Waals surface area contributed by atoms with Gasteiger partial charge in [-0.05, 0) is 6.07 Å². The average Bonchev–Trinajstić information content (AvgIpc) is 3.18. The molecule has 1 fully saturated rings. The maximum atomic E-state index is 12.5. The zero-order valence-electron chi connectivity index (χ0n) is 10.6. The van der Waals surface area contributed by atoms with Crippen LogP contribution in [0.2, 0.25) is 0 Å². The quantitative estimate of drug-likeness (QED) is 0.775. The molecule has 0 aromatic carbocycles. The largest absolute Gasteiger partial charge is 0.480 e. The summed E-state index contributed by atoms with van der Waals surface area (Å²) in [5, 5.41) is 11.1. The van der Waals surface area contributed by atoms with E-state index in [4.69, 9.17) is 0 Å². The van der Waals surface area contributed by atoms with Crippen LogP contribution in [-0.4, -0.2) is 48.9 Å². The fourth-order valence-electron chi connectivity index (χ4n) is 2.34. The molecule has 9 heteroatoms. The average molecular weight is 339 g/mol. The highest BCUT2D eigenvalue weighted by Gasteiger charge is 2.35. The molecule has 0 aliphatic carbocycles. The zero-order valence-corrected chi connectivity index (χ0v) is 13.0. The Morgan fingerprint density at radius 3 is 3.10 bits per heavy atom. The predicted molar refractivity (Wildman–Crippen MR) is 83.4 cm³/mol. The number of carboxylic acid groups (broad SMARTS) is 1. The number of aromatic nitrogens is 2. The fourth-order valence-corrected chi connectivity index (χ4v) is 5.24. The van der Waals surface area contributed by atoms with Crippen molar-refractivity contribution in [3.05, 3.63) is 22.5 Å². The van der Waals surface area contributed by atoms with Crippen LogP contribution in [0.3, 0.4) is 0 Å². The summed E-state index contributed by atoms with van der Waals surface area (Å²) in [6, 6.07) is 1.07. The van der Waals surface area contributed by atoms with Gasteiger partial charge in [-0.25, -0.2) is 9.78 Å². The molecule has 3 aromatic rings. The Morgan fingerprint density at radius 2 is 2.29 bits per heavy atom. The summed E-state index contributed by atoms with van der Waals surface area (Å²) in [6.07, 6.45) is 1.92. The highest BCUT2D eigenvalue weighted by Crippen LogP contribution is 2.31. The Kier molecular flexibility index (Phi) is 2.95. The molecule has 108 valence electrons. The number of carbonyl (C=O) groups excluding carboxylic acids is 1. The summed E-state index contributed by atoms with van der Waals surface area (Å²) in [4.78, 5) is 31.9. The van der Waals surface area contributed by atoms with Crippen molar-refractivity contribution < 1.29 is 14.7 Å². The molecule has 1 atom stereocenters. The lowest BCUT2D eigenvalue weighted by Gasteiger charge is -2.19. The fraction of sp³-hybridized carbons (Fsp3) is 0.250. The number of hydrogen-bond acceptors (Lipinski definition) is 6. The monoisotopic (exact) mass is 339 g/mol. The smallest absolute Gasteiger partial charge is 0.327 e. The van der Waals surface area contributed by atoms with E-state index in [0.29, 0.717) is 16.5 Å². The first-order chi connectivity index (χ1) is 10.1. The Morgan fingerprint density at radius 1 is 1.43 bits per heavy atom. The number of aliphatic carboxylic acids is 1. The topological polar surface area (TPSA) is 74.9 Å². The van der Waals surface area contributed by atoms with E-state index in [-0.39, 0.29) is 5.91 Å². The molecule has 0 bridgehead atoms. The van der Waals surface area contributed by atoms with Gasteiger partial charge in [0.15, 0.2) is 4.96 Å². The number of carbonyl (C=O) groups is 2. The van der Waals surface area contributed by atoms with Crippen LogP contribution >= 0.6 is 34.4 Å². The molecule has 0 radical (unpaired) electrons. The third-order valence-electron chi connectivity index (χ3n) is 3.38. The predicted octanol–water partition coefficient (Wildman–Crippen LogP) is 2.21. The number of rotatable bonds is 2. The molecular formula is C12H9N3O3S3. The molecule has 4 heterocycles. The minimum atomic E-state index is -0.948. The highest BCUT2D eigenvalue weighted by molar-refractivity contribution is 7.99. The van der Waals surface area contributed by atoms with Gasteiger partial charge < -0.3 is 10.0 Å². The van der Waals surface area contributed by atoms with Crippen molar-refractivity contribution in [3.8, 4) is 0 Å². The van der Waals surface area contributed by atoms with Gasteiger partial charge >= 0.3 is 5.97 Å². The van der Waals surface area contributed by atoms with E-state index in [2.05, 4.69) is 4.98 Å². The minimum Gasteiger partial charge on any atom is -0.480 e. The molecular weight excluding hydrogens is 330 g/mol. The second kappa shape index (κ2) is 4.72. The lowest BCUT2D eigenvalue weighted by Crippen LogP contribution is -2.41. The van der Waals surface area contributed by atoms with Crippen LogP contribution in [0.15, 0.2) is 17.6 Å². The molecule has 1 saturated heterocycles. The van der Waals surface area contributed by atoms with Gasteiger partial charge in [-0.15, -0.1) is 34.4 Å². The second-order valence-corrected chi connectivity index (χ2v) is 7.50. The normalized spacial score (nSPS) is 18.9. The van der Waals surface area contributed by atoms with Gasteiger partial charge in [0, 0.05) is 17.3 Å². The van der Waals surface area contributed by atoms with E-state index in [9.17, 15) is 14.7 Å². The minimum absolute atomic E-state index is 0.223. The highest BCUT2D eigenvalue weighted by atomic mass is 32.2. The van der Waals surface area contributed by atoms with Crippen molar-refractivity contribution in [2.75, 3.05) is 11.6 Å². The molecule has 0 saturated carbocycles. The van der Waals surface area contributed by atoms with Gasteiger partial charge in [0.25, 0.3) is 5.91 Å².